The summed E-state index contributed by atoms with van der Waals surface area (Å²) in [5, 5.41) is 3.29. The molecule has 0 bridgehead atoms. The molecular weight excluding hydrogens is 513 g/mol. The Hall–Kier alpha value is -0.980. The minimum Gasteiger partial charge on any atom is -0.342 e. The maximum absolute atomic E-state index is 12.6. The number of urea groups is 1. The molecule has 0 radical (unpaired) electrons. The molecular formula is C22H38N4O4S4. The van der Waals surface area contributed by atoms with Crippen LogP contribution >= 0.6 is 24.4 Å². The molecule has 2 aliphatic rings. The molecule has 3 amide bonds. The van der Waals surface area contributed by atoms with Gasteiger partial charge in [-0.1, -0.05) is 39.9 Å². The van der Waals surface area contributed by atoms with E-state index in [1.54, 1.807) is 0 Å². The molecule has 8 nitrogen and oxygen atoms in total. The average molecular weight is 551 g/mol. The molecule has 0 aliphatic carbocycles. The van der Waals surface area contributed by atoms with Gasteiger partial charge in [0.25, 0.3) is 0 Å². The van der Waals surface area contributed by atoms with E-state index < -0.39 is 21.6 Å². The van der Waals surface area contributed by atoms with Crippen molar-refractivity contribution in [2.45, 2.75) is 47.5 Å². The van der Waals surface area contributed by atoms with Crippen LogP contribution in [0.15, 0.2) is 0 Å². The molecule has 0 aromatic rings. The summed E-state index contributed by atoms with van der Waals surface area (Å²) in [6.07, 6.45) is 1.37. The van der Waals surface area contributed by atoms with E-state index in [9.17, 15) is 18.0 Å². The Morgan fingerprint density at radius 3 is 1.79 bits per heavy atom. The zero-order valence-corrected chi connectivity index (χ0v) is 24.2. The van der Waals surface area contributed by atoms with Crippen LogP contribution in [0.25, 0.3) is 0 Å². The third kappa shape index (κ3) is 8.60. The fraction of sp³-hybridized carbons (Fsp3) is 0.818. The minimum absolute atomic E-state index is 0.0397. The Bertz CT molecular complexity index is 846. The molecule has 194 valence electrons. The van der Waals surface area contributed by atoms with Crippen LogP contribution in [0.2, 0.25) is 0 Å². The van der Waals surface area contributed by atoms with Gasteiger partial charge in [0.2, 0.25) is 5.91 Å². The molecule has 0 aromatic heterocycles. The molecule has 0 saturated carbocycles. The second-order valence-corrected chi connectivity index (χ2v) is 14.7. The number of amides is 3. The highest BCUT2D eigenvalue weighted by atomic mass is 32.2. The van der Waals surface area contributed by atoms with Crippen LogP contribution in [0.3, 0.4) is 0 Å². The van der Waals surface area contributed by atoms with Crippen molar-refractivity contribution in [1.29, 1.82) is 0 Å². The van der Waals surface area contributed by atoms with Crippen molar-refractivity contribution in [3.05, 3.63) is 0 Å². The Kier molecular flexibility index (Phi) is 10.6. The van der Waals surface area contributed by atoms with Crippen molar-refractivity contribution in [1.82, 2.24) is 20.0 Å². The molecule has 2 heterocycles. The van der Waals surface area contributed by atoms with Crippen molar-refractivity contribution in [2.24, 2.45) is 10.8 Å². The number of hydrogen-bond acceptors (Lipinski definition) is 6. The van der Waals surface area contributed by atoms with Gasteiger partial charge in [0.15, 0.2) is 5.11 Å². The molecule has 0 spiro atoms. The van der Waals surface area contributed by atoms with Crippen molar-refractivity contribution < 1.29 is 18.0 Å². The molecule has 34 heavy (non-hydrogen) atoms. The number of likely N-dealkylation sites (N-methyl/N-ethyl adjacent to an activating group) is 1. The van der Waals surface area contributed by atoms with E-state index in [1.807, 2.05) is 18.7 Å². The van der Waals surface area contributed by atoms with E-state index in [4.69, 9.17) is 24.4 Å². The third-order valence-corrected chi connectivity index (χ3v) is 9.90. The van der Waals surface area contributed by atoms with Gasteiger partial charge in [-0.05, 0) is 42.8 Å². The van der Waals surface area contributed by atoms with Crippen molar-refractivity contribution >= 4 is 68.1 Å². The van der Waals surface area contributed by atoms with Crippen LogP contribution in [-0.4, -0.2) is 101 Å². The smallest absolute Gasteiger partial charge is 0.324 e. The molecule has 12 heteroatoms. The second kappa shape index (κ2) is 12.3. The Morgan fingerprint density at radius 1 is 0.882 bits per heavy atom. The van der Waals surface area contributed by atoms with E-state index in [-0.39, 0.29) is 29.3 Å². The number of hydrogen-bond donors (Lipinski definition) is 1. The Balaban J connectivity index is 1.70. The summed E-state index contributed by atoms with van der Waals surface area (Å²) in [5.41, 5.74) is -0.434. The van der Waals surface area contributed by atoms with Gasteiger partial charge in [-0.3, -0.25) is 18.1 Å². The summed E-state index contributed by atoms with van der Waals surface area (Å²) >= 11 is 11.0. The summed E-state index contributed by atoms with van der Waals surface area (Å²) in [4.78, 5) is 29.7. The van der Waals surface area contributed by atoms with Gasteiger partial charge in [-0.15, -0.1) is 0 Å². The minimum atomic E-state index is -1.10. The first kappa shape index (κ1) is 29.3. The molecule has 2 fully saturated rings. The molecule has 2 rings (SSSR count). The first-order valence-corrected chi connectivity index (χ1v) is 15.4. The molecule has 2 saturated heterocycles. The maximum atomic E-state index is 12.6. The lowest BCUT2D eigenvalue weighted by atomic mass is 9.89. The topological polar surface area (TPSA) is 90.0 Å². The predicted octanol–water partition coefficient (Wildman–Crippen LogP) is 2.12. The predicted molar refractivity (Wildman–Crippen MR) is 147 cm³/mol. The first-order chi connectivity index (χ1) is 15.7. The number of carbonyl (C=O) groups is 2. The quantitative estimate of drug-likeness (QED) is 0.260. The highest BCUT2D eigenvalue weighted by Crippen LogP contribution is 2.26. The van der Waals surface area contributed by atoms with E-state index in [0.717, 1.165) is 23.1 Å². The lowest BCUT2D eigenvalue weighted by molar-refractivity contribution is -0.125. The number of nitrogens with one attached hydrogen (secondary N) is 1. The van der Waals surface area contributed by atoms with Gasteiger partial charge in [0.1, 0.15) is 4.99 Å². The summed E-state index contributed by atoms with van der Waals surface area (Å²) in [5.74, 6) is 1.57. The summed E-state index contributed by atoms with van der Waals surface area (Å²) < 4.78 is 25.1. The molecule has 1 N–H and O–H groups in total. The van der Waals surface area contributed by atoms with Crippen molar-refractivity contribution in [2.75, 3.05) is 55.7 Å². The van der Waals surface area contributed by atoms with Gasteiger partial charge in [0.05, 0.1) is 13.1 Å². The number of nitrogens with zero attached hydrogens (tertiary/aromatic N) is 3. The number of imide groups is 1. The number of thiocarbonyl (C=S) groups is 2. The highest BCUT2D eigenvalue weighted by molar-refractivity contribution is 7.88. The lowest BCUT2D eigenvalue weighted by Crippen LogP contribution is -2.40. The van der Waals surface area contributed by atoms with Crippen LogP contribution in [0.1, 0.15) is 47.5 Å². The SMILES string of the molecule is CCN1CC(=S)N(CC(C)(C)CCS(=O)CCS(=O)CCC(C)(C)CN2C(=O)CNC2=O)C1=S. The Labute approximate surface area is 219 Å². The molecule has 2 atom stereocenters. The number of carbonyl (C=O) groups excluding carboxylic acids is 2. The van der Waals surface area contributed by atoms with Gasteiger partial charge >= 0.3 is 6.03 Å². The number of rotatable bonds is 14. The van der Waals surface area contributed by atoms with Gasteiger partial charge < -0.3 is 15.1 Å². The summed E-state index contributed by atoms with van der Waals surface area (Å²) in [7, 11) is -2.14. The molecule has 0 aromatic carbocycles. The van der Waals surface area contributed by atoms with E-state index in [2.05, 4.69) is 31.0 Å². The first-order valence-electron chi connectivity index (χ1n) is 11.6. The zero-order valence-electron chi connectivity index (χ0n) is 20.9. The molecule has 2 aliphatic heterocycles. The summed E-state index contributed by atoms with van der Waals surface area (Å²) in [6.45, 7) is 12.8. The fourth-order valence-corrected chi connectivity index (χ4v) is 7.99. The zero-order chi connectivity index (χ0) is 25.7. The van der Waals surface area contributed by atoms with Crippen LogP contribution in [0, 0.1) is 10.8 Å². The maximum Gasteiger partial charge on any atom is 0.324 e. The van der Waals surface area contributed by atoms with Crippen LogP contribution in [-0.2, 0) is 26.4 Å². The Morgan fingerprint density at radius 2 is 1.38 bits per heavy atom. The third-order valence-electron chi connectivity index (χ3n) is 6.17. The summed E-state index contributed by atoms with van der Waals surface area (Å²) in [6, 6.07) is -0.367. The molecule has 2 unspecified atom stereocenters. The monoisotopic (exact) mass is 550 g/mol. The fourth-order valence-electron chi connectivity index (χ4n) is 3.80. The van der Waals surface area contributed by atoms with E-state index in [1.165, 1.54) is 4.90 Å². The van der Waals surface area contributed by atoms with Gasteiger partial charge in [-0.25, -0.2) is 4.79 Å². The van der Waals surface area contributed by atoms with Crippen LogP contribution in [0.5, 0.6) is 0 Å². The highest BCUT2D eigenvalue weighted by Gasteiger charge is 2.34. The van der Waals surface area contributed by atoms with Crippen molar-refractivity contribution in [3.8, 4) is 0 Å². The lowest BCUT2D eigenvalue weighted by Gasteiger charge is -2.31. The largest absolute Gasteiger partial charge is 0.342 e. The van der Waals surface area contributed by atoms with E-state index in [0.29, 0.717) is 49.1 Å². The van der Waals surface area contributed by atoms with Gasteiger partial charge in [0, 0.05) is 64.2 Å². The van der Waals surface area contributed by atoms with Crippen LogP contribution in [0.4, 0.5) is 4.79 Å². The van der Waals surface area contributed by atoms with Crippen LogP contribution < -0.4 is 5.32 Å². The van der Waals surface area contributed by atoms with E-state index >= 15 is 0 Å². The second-order valence-electron chi connectivity index (χ2n) is 10.4. The normalized spacial score (nSPS) is 19.3. The van der Waals surface area contributed by atoms with Crippen molar-refractivity contribution in [3.63, 3.8) is 0 Å². The van der Waals surface area contributed by atoms with Gasteiger partial charge in [-0.2, -0.15) is 0 Å². The standard InChI is InChI=1S/C22H38N4O4S4/c1-6-24-14-18(31)26(20(24)32)16-22(4,5)8-10-34(30)12-11-33(29)9-7-21(2,3)15-25-17(27)13-23-19(25)28/h6-16H2,1-5H3,(H,23,28). The average Bonchev–Trinajstić information content (AvgIpc) is 3.21.